The lowest BCUT2D eigenvalue weighted by atomic mass is 9.77. The Hall–Kier alpha value is -4.44. The fourth-order valence-corrected chi connectivity index (χ4v) is 5.70. The maximum Gasteiger partial charge on any atom is 0.162 e. The average Bonchev–Trinajstić information content (AvgIpc) is 3.52. The standard InChI is InChI=1S/C38H40N2O2/c1-2-3-4-14-23-37(41)31-24-26-36(27-25-31)42-28-15-22-35-29-40(30-39-35)38(32-16-8-5-9-17-32,33-18-10-6-11-19-33)34-20-12-7-13-21-34/h5-13,16-21,24-27,29-30H,2-4,14-15,22-23,28H2,1H3. The fraction of sp³-hybridized carbons (Fsp3) is 0.263. The van der Waals surface area contributed by atoms with Crippen molar-refractivity contribution in [2.75, 3.05) is 6.61 Å². The minimum Gasteiger partial charge on any atom is -0.494 e. The predicted molar refractivity (Wildman–Crippen MR) is 170 cm³/mol. The summed E-state index contributed by atoms with van der Waals surface area (Å²) in [7, 11) is 0. The summed E-state index contributed by atoms with van der Waals surface area (Å²) in [4.78, 5) is 17.3. The van der Waals surface area contributed by atoms with Crippen LogP contribution in [0.5, 0.6) is 5.75 Å². The quantitative estimate of drug-likeness (QED) is 0.0735. The van der Waals surface area contributed by atoms with Crippen LogP contribution in [-0.4, -0.2) is 21.9 Å². The molecule has 1 heterocycles. The molecule has 0 aliphatic heterocycles. The Morgan fingerprint density at radius 3 is 1.83 bits per heavy atom. The van der Waals surface area contributed by atoms with E-state index < -0.39 is 5.54 Å². The van der Waals surface area contributed by atoms with Crippen LogP contribution in [0.25, 0.3) is 0 Å². The van der Waals surface area contributed by atoms with Crippen molar-refractivity contribution in [3.05, 3.63) is 156 Å². The van der Waals surface area contributed by atoms with E-state index in [1.807, 2.05) is 30.6 Å². The second-order valence-corrected chi connectivity index (χ2v) is 10.8. The van der Waals surface area contributed by atoms with Crippen LogP contribution in [-0.2, 0) is 12.0 Å². The van der Waals surface area contributed by atoms with Crippen LogP contribution in [0, 0.1) is 0 Å². The van der Waals surface area contributed by atoms with Crippen molar-refractivity contribution in [1.82, 2.24) is 9.55 Å². The molecule has 4 heteroatoms. The van der Waals surface area contributed by atoms with Gasteiger partial charge in [-0.05, 0) is 60.2 Å². The predicted octanol–water partition coefficient (Wildman–Crippen LogP) is 8.89. The summed E-state index contributed by atoms with van der Waals surface area (Å²) in [6.07, 6.45) is 10.8. The van der Waals surface area contributed by atoms with Crippen LogP contribution < -0.4 is 4.74 Å². The van der Waals surface area contributed by atoms with Gasteiger partial charge in [-0.25, -0.2) is 4.98 Å². The number of imidazole rings is 1. The molecular weight excluding hydrogens is 516 g/mol. The first-order chi connectivity index (χ1) is 20.7. The number of Topliss-reactive ketones (excluding diaryl/α,β-unsaturated/α-hetero) is 1. The van der Waals surface area contributed by atoms with E-state index >= 15 is 0 Å². The van der Waals surface area contributed by atoms with Crippen LogP contribution in [0.15, 0.2) is 128 Å². The number of hydrogen-bond acceptors (Lipinski definition) is 3. The minimum atomic E-state index is -0.555. The normalized spacial score (nSPS) is 11.4. The fourth-order valence-electron chi connectivity index (χ4n) is 5.70. The Morgan fingerprint density at radius 2 is 1.29 bits per heavy atom. The first kappa shape index (κ1) is 29.1. The number of benzene rings is 4. The third kappa shape index (κ3) is 6.71. The van der Waals surface area contributed by atoms with E-state index in [1.165, 1.54) is 29.5 Å². The van der Waals surface area contributed by atoms with Gasteiger partial charge in [0.2, 0.25) is 0 Å². The van der Waals surface area contributed by atoms with Gasteiger partial charge in [-0.3, -0.25) is 4.79 Å². The summed E-state index contributed by atoms with van der Waals surface area (Å²) in [6, 6.07) is 39.5. The van der Waals surface area contributed by atoms with Crippen molar-refractivity contribution >= 4 is 5.78 Å². The summed E-state index contributed by atoms with van der Waals surface area (Å²) < 4.78 is 8.26. The van der Waals surface area contributed by atoms with E-state index in [9.17, 15) is 4.79 Å². The van der Waals surface area contributed by atoms with Gasteiger partial charge in [-0.2, -0.15) is 0 Å². The van der Waals surface area contributed by atoms with Crippen LogP contribution in [0.3, 0.4) is 0 Å². The van der Waals surface area contributed by atoms with Crippen molar-refractivity contribution in [2.45, 2.75) is 57.4 Å². The van der Waals surface area contributed by atoms with Crippen molar-refractivity contribution in [2.24, 2.45) is 0 Å². The third-order valence-electron chi connectivity index (χ3n) is 7.88. The van der Waals surface area contributed by atoms with E-state index in [4.69, 9.17) is 9.72 Å². The molecule has 0 unspecified atom stereocenters. The van der Waals surface area contributed by atoms with Crippen molar-refractivity contribution in [3.63, 3.8) is 0 Å². The number of hydrogen-bond donors (Lipinski definition) is 0. The number of aromatic nitrogens is 2. The molecule has 0 amide bonds. The Kier molecular flexibility index (Phi) is 10.0. The topological polar surface area (TPSA) is 44.1 Å². The zero-order chi connectivity index (χ0) is 29.0. The number of carbonyl (C=O) groups excluding carboxylic acids is 1. The van der Waals surface area contributed by atoms with E-state index in [0.29, 0.717) is 13.0 Å². The van der Waals surface area contributed by atoms with Crippen molar-refractivity contribution in [1.29, 1.82) is 0 Å². The monoisotopic (exact) mass is 556 g/mol. The summed E-state index contributed by atoms with van der Waals surface area (Å²) in [6.45, 7) is 2.76. The van der Waals surface area contributed by atoms with E-state index in [2.05, 4.69) is 109 Å². The number of aryl methyl sites for hydroxylation is 1. The summed E-state index contributed by atoms with van der Waals surface area (Å²) in [5.74, 6) is 1.00. The van der Waals surface area contributed by atoms with Gasteiger partial charge < -0.3 is 9.30 Å². The Labute approximate surface area is 250 Å². The summed E-state index contributed by atoms with van der Waals surface area (Å²) >= 11 is 0. The number of ketones is 1. The zero-order valence-electron chi connectivity index (χ0n) is 24.5. The maximum absolute atomic E-state index is 12.4. The highest BCUT2D eigenvalue weighted by Gasteiger charge is 2.38. The largest absolute Gasteiger partial charge is 0.494 e. The third-order valence-corrected chi connectivity index (χ3v) is 7.88. The molecule has 0 radical (unpaired) electrons. The molecule has 5 rings (SSSR count). The molecule has 4 aromatic carbocycles. The van der Waals surface area contributed by atoms with E-state index in [-0.39, 0.29) is 5.78 Å². The van der Waals surface area contributed by atoms with Gasteiger partial charge in [0, 0.05) is 18.2 Å². The molecular formula is C38H40N2O2. The van der Waals surface area contributed by atoms with E-state index in [0.717, 1.165) is 42.7 Å². The molecule has 0 saturated carbocycles. The van der Waals surface area contributed by atoms with Gasteiger partial charge in [0.05, 0.1) is 18.6 Å². The molecule has 0 atom stereocenters. The summed E-state index contributed by atoms with van der Waals surface area (Å²) in [5.41, 5.74) is 4.77. The second-order valence-electron chi connectivity index (χ2n) is 10.8. The molecule has 1 aromatic heterocycles. The number of carbonyl (C=O) groups is 1. The van der Waals surface area contributed by atoms with Crippen LogP contribution in [0.2, 0.25) is 0 Å². The number of nitrogens with zero attached hydrogens (tertiary/aromatic N) is 2. The molecule has 5 aromatic rings. The molecule has 0 bridgehead atoms. The van der Waals surface area contributed by atoms with Crippen LogP contribution in [0.1, 0.15) is 78.2 Å². The van der Waals surface area contributed by atoms with E-state index in [1.54, 1.807) is 0 Å². The molecule has 0 aliphatic carbocycles. The molecule has 42 heavy (non-hydrogen) atoms. The lowest BCUT2D eigenvalue weighted by Gasteiger charge is -2.37. The Morgan fingerprint density at radius 1 is 0.714 bits per heavy atom. The highest BCUT2D eigenvalue weighted by Crippen LogP contribution is 2.40. The molecule has 4 nitrogen and oxygen atoms in total. The lowest BCUT2D eigenvalue weighted by molar-refractivity contribution is 0.0979. The highest BCUT2D eigenvalue weighted by molar-refractivity contribution is 5.96. The van der Waals surface area contributed by atoms with Crippen LogP contribution >= 0.6 is 0 Å². The Bertz CT molecular complexity index is 1410. The molecule has 0 fully saturated rings. The first-order valence-corrected chi connectivity index (χ1v) is 15.2. The van der Waals surface area contributed by atoms with Gasteiger partial charge in [0.25, 0.3) is 0 Å². The van der Waals surface area contributed by atoms with Crippen molar-refractivity contribution in [3.8, 4) is 5.75 Å². The molecule has 0 saturated heterocycles. The minimum absolute atomic E-state index is 0.214. The molecule has 214 valence electrons. The SMILES string of the molecule is CCCCCCC(=O)c1ccc(OCCCc2cn(C(c3ccccc3)(c3ccccc3)c3ccccc3)cn2)cc1. The maximum atomic E-state index is 12.4. The van der Waals surface area contributed by atoms with Gasteiger partial charge in [0.15, 0.2) is 5.78 Å². The molecule has 0 aliphatic rings. The van der Waals surface area contributed by atoms with Crippen LogP contribution in [0.4, 0.5) is 0 Å². The van der Waals surface area contributed by atoms with Gasteiger partial charge in [0.1, 0.15) is 11.3 Å². The average molecular weight is 557 g/mol. The lowest BCUT2D eigenvalue weighted by Crippen LogP contribution is -2.36. The first-order valence-electron chi connectivity index (χ1n) is 15.2. The number of unbranched alkanes of at least 4 members (excludes halogenated alkanes) is 3. The Balaban J connectivity index is 1.28. The van der Waals surface area contributed by atoms with Gasteiger partial charge in [-0.15, -0.1) is 0 Å². The second kappa shape index (κ2) is 14.5. The summed E-state index contributed by atoms with van der Waals surface area (Å²) in [5, 5.41) is 0. The molecule has 0 N–H and O–H groups in total. The molecule has 0 spiro atoms. The van der Waals surface area contributed by atoms with Gasteiger partial charge in [-0.1, -0.05) is 117 Å². The van der Waals surface area contributed by atoms with Crippen molar-refractivity contribution < 1.29 is 9.53 Å². The number of rotatable bonds is 15. The number of ether oxygens (including phenoxy) is 1. The smallest absolute Gasteiger partial charge is 0.162 e. The van der Waals surface area contributed by atoms with Gasteiger partial charge >= 0.3 is 0 Å². The highest BCUT2D eigenvalue weighted by atomic mass is 16.5. The zero-order valence-corrected chi connectivity index (χ0v) is 24.5.